The molecular weight excluding hydrogens is 270 g/mol. The van der Waals surface area contributed by atoms with Crippen LogP contribution in [0.15, 0.2) is 24.7 Å². The van der Waals surface area contributed by atoms with Crippen molar-refractivity contribution in [2.75, 3.05) is 5.73 Å². The number of fused-ring (bicyclic) bond motifs is 1. The molecule has 8 nitrogen and oxygen atoms in total. The number of rotatable bonds is 3. The minimum Gasteiger partial charge on any atom is -0.396 e. The maximum Gasteiger partial charge on any atom is 0.271 e. The second-order valence-electron chi connectivity index (χ2n) is 5.05. The number of aromatic nitrogens is 5. The molecule has 0 aliphatic heterocycles. The number of anilines is 1. The van der Waals surface area contributed by atoms with Crippen LogP contribution in [0.25, 0.3) is 11.3 Å². The summed E-state index contributed by atoms with van der Waals surface area (Å²) in [6.07, 6.45) is 4.89. The first-order chi connectivity index (χ1) is 9.97. The van der Waals surface area contributed by atoms with Crippen LogP contribution in [0.1, 0.15) is 35.9 Å². The highest BCUT2D eigenvalue weighted by molar-refractivity contribution is 5.95. The standard InChI is InChI=1S/C13H15N7O/c1-7(2)9-5-10-13(16-3-4-19(10)17-9)20-6-8(14)11(18-20)12(15)21/h3-7H,14H2,1-2H3,(H2,15,21). The summed E-state index contributed by atoms with van der Waals surface area (Å²) < 4.78 is 3.16. The quantitative estimate of drug-likeness (QED) is 0.735. The Morgan fingerprint density at radius 2 is 2.10 bits per heavy atom. The van der Waals surface area contributed by atoms with Crippen LogP contribution in [0.2, 0.25) is 0 Å². The lowest BCUT2D eigenvalue weighted by Gasteiger charge is -2.01. The van der Waals surface area contributed by atoms with Gasteiger partial charge >= 0.3 is 0 Å². The molecule has 0 aliphatic carbocycles. The molecule has 0 aromatic carbocycles. The van der Waals surface area contributed by atoms with Crippen LogP contribution >= 0.6 is 0 Å². The average molecular weight is 285 g/mol. The van der Waals surface area contributed by atoms with Crippen molar-refractivity contribution in [2.45, 2.75) is 19.8 Å². The zero-order chi connectivity index (χ0) is 15.1. The van der Waals surface area contributed by atoms with Crippen LogP contribution in [-0.4, -0.2) is 30.3 Å². The predicted octanol–water partition coefficient (Wildman–Crippen LogP) is 0.720. The molecule has 0 saturated heterocycles. The summed E-state index contributed by atoms with van der Waals surface area (Å²) >= 11 is 0. The van der Waals surface area contributed by atoms with Crippen molar-refractivity contribution in [3.8, 4) is 5.82 Å². The van der Waals surface area contributed by atoms with Gasteiger partial charge in [-0.1, -0.05) is 13.8 Å². The van der Waals surface area contributed by atoms with Crippen molar-refractivity contribution in [3.63, 3.8) is 0 Å². The van der Waals surface area contributed by atoms with Gasteiger partial charge in [0.15, 0.2) is 11.5 Å². The highest BCUT2D eigenvalue weighted by Crippen LogP contribution is 2.20. The molecular formula is C13H15N7O. The Bertz CT molecular complexity index is 830. The Kier molecular flexibility index (Phi) is 2.86. The lowest BCUT2D eigenvalue weighted by molar-refractivity contribution is 0.0996. The minimum absolute atomic E-state index is 0.0300. The Morgan fingerprint density at radius 1 is 1.33 bits per heavy atom. The summed E-state index contributed by atoms with van der Waals surface area (Å²) in [7, 11) is 0. The molecule has 3 aromatic rings. The summed E-state index contributed by atoms with van der Waals surface area (Å²) in [5.74, 6) is 0.160. The fourth-order valence-corrected chi connectivity index (χ4v) is 2.07. The Labute approximate surface area is 120 Å². The first-order valence-electron chi connectivity index (χ1n) is 6.47. The minimum atomic E-state index is -0.672. The van der Waals surface area contributed by atoms with E-state index in [0.29, 0.717) is 11.7 Å². The van der Waals surface area contributed by atoms with Crippen molar-refractivity contribution < 1.29 is 4.79 Å². The van der Waals surface area contributed by atoms with E-state index < -0.39 is 5.91 Å². The van der Waals surface area contributed by atoms with Crippen molar-refractivity contribution in [1.82, 2.24) is 24.4 Å². The zero-order valence-corrected chi connectivity index (χ0v) is 11.7. The van der Waals surface area contributed by atoms with E-state index in [1.165, 1.54) is 10.9 Å². The zero-order valence-electron chi connectivity index (χ0n) is 11.7. The SMILES string of the molecule is CC(C)c1cc2c(-n3cc(N)c(C(N)=O)n3)nccn2n1. The number of nitrogens with zero attached hydrogens (tertiary/aromatic N) is 5. The topological polar surface area (TPSA) is 117 Å². The maximum absolute atomic E-state index is 11.3. The van der Waals surface area contributed by atoms with Crippen LogP contribution in [0.5, 0.6) is 0 Å². The average Bonchev–Trinajstić information content (AvgIpc) is 3.01. The van der Waals surface area contributed by atoms with E-state index in [1.54, 1.807) is 16.9 Å². The third-order valence-corrected chi connectivity index (χ3v) is 3.17. The van der Waals surface area contributed by atoms with Gasteiger partial charge in [0.05, 0.1) is 17.6 Å². The smallest absolute Gasteiger partial charge is 0.271 e. The van der Waals surface area contributed by atoms with Gasteiger partial charge in [-0.15, -0.1) is 0 Å². The maximum atomic E-state index is 11.3. The number of amides is 1. The molecule has 0 atom stereocenters. The molecule has 0 fully saturated rings. The van der Waals surface area contributed by atoms with E-state index in [0.717, 1.165) is 11.2 Å². The Morgan fingerprint density at radius 3 is 2.71 bits per heavy atom. The van der Waals surface area contributed by atoms with Gasteiger partial charge in [-0.05, 0) is 12.0 Å². The molecule has 8 heteroatoms. The number of carbonyl (C=O) groups excluding carboxylic acids is 1. The number of hydrogen-bond donors (Lipinski definition) is 2. The number of primary amides is 1. The van der Waals surface area contributed by atoms with Gasteiger partial charge in [-0.3, -0.25) is 4.79 Å². The van der Waals surface area contributed by atoms with E-state index in [1.807, 2.05) is 6.07 Å². The number of nitrogens with two attached hydrogens (primary N) is 2. The van der Waals surface area contributed by atoms with Gasteiger partial charge in [-0.2, -0.15) is 10.2 Å². The van der Waals surface area contributed by atoms with Crippen molar-refractivity contribution in [3.05, 3.63) is 36.0 Å². The first kappa shape index (κ1) is 13.1. The van der Waals surface area contributed by atoms with Gasteiger partial charge in [-0.25, -0.2) is 14.2 Å². The highest BCUT2D eigenvalue weighted by atomic mass is 16.1. The summed E-state index contributed by atoms with van der Waals surface area (Å²) in [6, 6.07) is 1.94. The highest BCUT2D eigenvalue weighted by Gasteiger charge is 2.16. The van der Waals surface area contributed by atoms with E-state index in [9.17, 15) is 4.79 Å². The molecule has 3 aromatic heterocycles. The normalized spacial score (nSPS) is 11.4. The van der Waals surface area contributed by atoms with Crippen LogP contribution in [-0.2, 0) is 0 Å². The summed E-state index contributed by atoms with van der Waals surface area (Å²) in [4.78, 5) is 15.5. The molecule has 3 rings (SSSR count). The summed E-state index contributed by atoms with van der Waals surface area (Å²) in [6.45, 7) is 4.12. The lowest BCUT2D eigenvalue weighted by Crippen LogP contribution is -2.14. The molecule has 0 spiro atoms. The second kappa shape index (κ2) is 4.58. The van der Waals surface area contributed by atoms with Gasteiger partial charge in [0, 0.05) is 12.4 Å². The van der Waals surface area contributed by atoms with Gasteiger partial charge in [0.25, 0.3) is 5.91 Å². The van der Waals surface area contributed by atoms with Gasteiger partial charge in [0.2, 0.25) is 0 Å². The molecule has 0 unspecified atom stereocenters. The third kappa shape index (κ3) is 2.10. The Hall–Kier alpha value is -2.90. The molecule has 4 N–H and O–H groups in total. The van der Waals surface area contributed by atoms with E-state index in [2.05, 4.69) is 29.0 Å². The molecule has 1 amide bonds. The first-order valence-corrected chi connectivity index (χ1v) is 6.47. The number of hydrogen-bond acceptors (Lipinski definition) is 5. The largest absolute Gasteiger partial charge is 0.396 e. The summed E-state index contributed by atoms with van der Waals surface area (Å²) in [5.41, 5.74) is 12.9. The summed E-state index contributed by atoms with van der Waals surface area (Å²) in [5, 5.41) is 8.57. The number of nitrogen functional groups attached to an aromatic ring is 1. The van der Waals surface area contributed by atoms with E-state index >= 15 is 0 Å². The van der Waals surface area contributed by atoms with Crippen LogP contribution < -0.4 is 11.5 Å². The van der Waals surface area contributed by atoms with Crippen LogP contribution in [0.3, 0.4) is 0 Å². The monoisotopic (exact) mass is 285 g/mol. The number of carbonyl (C=O) groups is 1. The second-order valence-corrected chi connectivity index (χ2v) is 5.05. The molecule has 0 aliphatic rings. The molecule has 0 radical (unpaired) electrons. The molecule has 21 heavy (non-hydrogen) atoms. The molecule has 0 saturated carbocycles. The van der Waals surface area contributed by atoms with Crippen LogP contribution in [0.4, 0.5) is 5.69 Å². The van der Waals surface area contributed by atoms with Gasteiger partial charge < -0.3 is 11.5 Å². The van der Waals surface area contributed by atoms with Gasteiger partial charge in [0.1, 0.15) is 5.52 Å². The van der Waals surface area contributed by atoms with Crippen molar-refractivity contribution in [1.29, 1.82) is 0 Å². The van der Waals surface area contributed by atoms with E-state index in [4.69, 9.17) is 11.5 Å². The van der Waals surface area contributed by atoms with E-state index in [-0.39, 0.29) is 11.4 Å². The Balaban J connectivity index is 2.20. The molecule has 3 heterocycles. The fraction of sp³-hybridized carbons (Fsp3) is 0.231. The van der Waals surface area contributed by atoms with Crippen molar-refractivity contribution >= 4 is 17.1 Å². The van der Waals surface area contributed by atoms with Crippen LogP contribution in [0, 0.1) is 0 Å². The molecule has 108 valence electrons. The van der Waals surface area contributed by atoms with Crippen molar-refractivity contribution in [2.24, 2.45) is 5.73 Å². The third-order valence-electron chi connectivity index (χ3n) is 3.17. The molecule has 0 bridgehead atoms. The predicted molar refractivity (Wildman–Crippen MR) is 77.1 cm³/mol. The lowest BCUT2D eigenvalue weighted by atomic mass is 10.1. The fourth-order valence-electron chi connectivity index (χ4n) is 2.07.